The first-order valence-corrected chi connectivity index (χ1v) is 11.0. The van der Waals surface area contributed by atoms with Crippen LogP contribution in [0.15, 0.2) is 72.8 Å². The van der Waals surface area contributed by atoms with E-state index in [2.05, 4.69) is 10.6 Å². The molecule has 4 rings (SSSR count). The van der Waals surface area contributed by atoms with Gasteiger partial charge in [-0.05, 0) is 47.9 Å². The minimum absolute atomic E-state index is 0.202. The summed E-state index contributed by atoms with van der Waals surface area (Å²) in [6.45, 7) is 1.21. The van der Waals surface area contributed by atoms with Crippen LogP contribution >= 0.6 is 11.6 Å². The van der Waals surface area contributed by atoms with Gasteiger partial charge in [0.1, 0.15) is 11.9 Å². The number of nitrogens with two attached hydrogens (primary N) is 1. The lowest BCUT2D eigenvalue weighted by Crippen LogP contribution is -2.27. The number of hydrogen-bond donors (Lipinski definition) is 4. The number of anilines is 3. The second kappa shape index (κ2) is 9.85. The lowest BCUT2D eigenvalue weighted by Gasteiger charge is -2.22. The topological polar surface area (TPSA) is 94.2 Å². The van der Waals surface area contributed by atoms with Crippen molar-refractivity contribution in [2.75, 3.05) is 22.1 Å². The molecule has 164 valence electrons. The summed E-state index contributed by atoms with van der Waals surface area (Å²) in [4.78, 5) is 15.2. The molecule has 1 atom stereocenters. The van der Waals surface area contributed by atoms with E-state index in [-0.39, 0.29) is 5.91 Å². The smallest absolute Gasteiger partial charge is 0.251 e. The maximum absolute atomic E-state index is 13.3. The molecule has 0 saturated carbocycles. The van der Waals surface area contributed by atoms with E-state index in [4.69, 9.17) is 22.7 Å². The molecule has 3 aromatic carbocycles. The third-order valence-corrected chi connectivity index (χ3v) is 5.80. The van der Waals surface area contributed by atoms with E-state index in [1.807, 2.05) is 71.6 Å². The molecular formula is C25H26ClN5O. The summed E-state index contributed by atoms with van der Waals surface area (Å²) in [5, 5.41) is 14.9. The quantitative estimate of drug-likeness (QED) is 0.402. The third-order valence-electron chi connectivity index (χ3n) is 5.50. The maximum atomic E-state index is 13.3. The van der Waals surface area contributed by atoms with Crippen LogP contribution in [0.4, 0.5) is 17.1 Å². The van der Waals surface area contributed by atoms with Crippen LogP contribution < -0.4 is 21.3 Å². The van der Waals surface area contributed by atoms with E-state index in [0.29, 0.717) is 23.1 Å². The highest BCUT2D eigenvalue weighted by molar-refractivity contribution is 6.34. The Balaban J connectivity index is 1.56. The van der Waals surface area contributed by atoms with E-state index >= 15 is 0 Å². The Morgan fingerprint density at radius 3 is 2.56 bits per heavy atom. The first-order chi connectivity index (χ1) is 15.5. The molecule has 0 aliphatic carbocycles. The fourth-order valence-corrected chi connectivity index (χ4v) is 4.14. The Labute approximate surface area is 192 Å². The van der Waals surface area contributed by atoms with Gasteiger partial charge in [-0.3, -0.25) is 10.2 Å². The summed E-state index contributed by atoms with van der Waals surface area (Å²) in [7, 11) is 0. The zero-order chi connectivity index (χ0) is 22.5. The van der Waals surface area contributed by atoms with Crippen molar-refractivity contribution in [3.8, 4) is 0 Å². The number of nitrogens with one attached hydrogen (secondary N) is 3. The van der Waals surface area contributed by atoms with E-state index in [0.717, 1.165) is 41.9 Å². The van der Waals surface area contributed by atoms with Crippen LogP contribution in [0.1, 0.15) is 30.0 Å². The van der Waals surface area contributed by atoms with Crippen molar-refractivity contribution in [3.05, 3.63) is 88.9 Å². The molecule has 0 spiro atoms. The van der Waals surface area contributed by atoms with Crippen molar-refractivity contribution in [3.63, 3.8) is 0 Å². The summed E-state index contributed by atoms with van der Waals surface area (Å²) in [5.74, 6) is 0.365. The second-order valence-corrected chi connectivity index (χ2v) is 8.16. The Kier molecular flexibility index (Phi) is 6.73. The molecular weight excluding hydrogens is 422 g/mol. The van der Waals surface area contributed by atoms with Crippen LogP contribution in [-0.2, 0) is 11.3 Å². The zero-order valence-electron chi connectivity index (χ0n) is 17.6. The molecule has 1 heterocycles. The number of carbonyl (C=O) groups excluding carboxylic acids is 1. The summed E-state index contributed by atoms with van der Waals surface area (Å²) in [6, 6.07) is 22.1. The van der Waals surface area contributed by atoms with Gasteiger partial charge in [-0.2, -0.15) is 0 Å². The SMILES string of the molecule is N=C1CCCN1c1ccc(NC(=O)C(Nc2cccc(CN)c2)c2ccccc2)cc1Cl. The Hall–Kier alpha value is -3.35. The van der Waals surface area contributed by atoms with E-state index in [1.54, 1.807) is 6.07 Å². The van der Waals surface area contributed by atoms with Gasteiger partial charge in [-0.15, -0.1) is 0 Å². The molecule has 1 unspecified atom stereocenters. The minimum atomic E-state index is -0.602. The van der Waals surface area contributed by atoms with Crippen LogP contribution in [-0.4, -0.2) is 18.3 Å². The largest absolute Gasteiger partial charge is 0.370 e. The van der Waals surface area contributed by atoms with Crippen molar-refractivity contribution < 1.29 is 4.79 Å². The molecule has 3 aromatic rings. The van der Waals surface area contributed by atoms with Crippen LogP contribution in [0.25, 0.3) is 0 Å². The number of amides is 1. The summed E-state index contributed by atoms with van der Waals surface area (Å²) < 4.78 is 0. The molecule has 1 amide bonds. The van der Waals surface area contributed by atoms with E-state index in [9.17, 15) is 4.79 Å². The van der Waals surface area contributed by atoms with Gasteiger partial charge in [-0.25, -0.2) is 0 Å². The molecule has 5 N–H and O–H groups in total. The second-order valence-electron chi connectivity index (χ2n) is 7.75. The van der Waals surface area contributed by atoms with Gasteiger partial charge in [0.15, 0.2) is 0 Å². The normalized spacial score (nSPS) is 14.3. The molecule has 0 bridgehead atoms. The van der Waals surface area contributed by atoms with Gasteiger partial charge in [0.2, 0.25) is 0 Å². The molecule has 7 heteroatoms. The van der Waals surface area contributed by atoms with E-state index in [1.165, 1.54) is 0 Å². The Bertz CT molecular complexity index is 1120. The first-order valence-electron chi connectivity index (χ1n) is 10.6. The average molecular weight is 448 g/mol. The number of benzene rings is 3. The highest BCUT2D eigenvalue weighted by Gasteiger charge is 2.23. The van der Waals surface area contributed by atoms with Gasteiger partial charge in [-0.1, -0.05) is 54.1 Å². The first kappa shape index (κ1) is 21.9. The average Bonchev–Trinajstić information content (AvgIpc) is 3.23. The highest BCUT2D eigenvalue weighted by atomic mass is 35.5. The predicted octanol–water partition coefficient (Wildman–Crippen LogP) is 5.17. The molecule has 1 saturated heterocycles. The predicted molar refractivity (Wildman–Crippen MR) is 132 cm³/mol. The third kappa shape index (κ3) is 4.93. The summed E-state index contributed by atoms with van der Waals surface area (Å²) in [5.41, 5.74) is 9.81. The minimum Gasteiger partial charge on any atom is -0.370 e. The summed E-state index contributed by atoms with van der Waals surface area (Å²) >= 11 is 6.50. The van der Waals surface area contributed by atoms with Gasteiger partial charge < -0.3 is 21.3 Å². The molecule has 1 aliphatic heterocycles. The standard InChI is InChI=1S/C25H26ClN5O/c26-21-15-20(11-12-22(21)31-13-5-10-23(31)28)30-25(32)24(18-7-2-1-3-8-18)29-19-9-4-6-17(14-19)16-27/h1-4,6-9,11-12,14-15,24,28-29H,5,10,13,16,27H2,(H,30,32). The Morgan fingerprint density at radius 1 is 1.06 bits per heavy atom. The lowest BCUT2D eigenvalue weighted by atomic mass is 10.0. The number of nitrogens with zero attached hydrogens (tertiary/aromatic N) is 1. The molecule has 6 nitrogen and oxygen atoms in total. The van der Waals surface area contributed by atoms with Crippen molar-refractivity contribution in [1.29, 1.82) is 5.41 Å². The molecule has 0 aromatic heterocycles. The van der Waals surface area contributed by atoms with Gasteiger partial charge in [0.05, 0.1) is 10.7 Å². The number of hydrogen-bond acceptors (Lipinski definition) is 4. The van der Waals surface area contributed by atoms with Gasteiger partial charge in [0.25, 0.3) is 5.91 Å². The van der Waals surface area contributed by atoms with Crippen LogP contribution in [0.3, 0.4) is 0 Å². The molecule has 1 fully saturated rings. The van der Waals surface area contributed by atoms with Crippen molar-refractivity contribution in [1.82, 2.24) is 0 Å². The molecule has 1 aliphatic rings. The highest BCUT2D eigenvalue weighted by Crippen LogP contribution is 2.32. The fraction of sp³-hybridized carbons (Fsp3) is 0.200. The number of amidine groups is 1. The van der Waals surface area contributed by atoms with Crippen molar-refractivity contribution in [2.24, 2.45) is 5.73 Å². The number of carbonyl (C=O) groups is 1. The monoisotopic (exact) mass is 447 g/mol. The fourth-order valence-electron chi connectivity index (χ4n) is 3.86. The lowest BCUT2D eigenvalue weighted by molar-refractivity contribution is -0.117. The Morgan fingerprint density at radius 2 is 1.88 bits per heavy atom. The van der Waals surface area contributed by atoms with Crippen LogP contribution in [0.2, 0.25) is 5.02 Å². The van der Waals surface area contributed by atoms with Crippen molar-refractivity contribution in [2.45, 2.75) is 25.4 Å². The molecule has 0 radical (unpaired) electrons. The zero-order valence-corrected chi connectivity index (χ0v) is 18.4. The van der Waals surface area contributed by atoms with Crippen LogP contribution in [0.5, 0.6) is 0 Å². The molecule has 32 heavy (non-hydrogen) atoms. The number of rotatable bonds is 7. The maximum Gasteiger partial charge on any atom is 0.251 e. The van der Waals surface area contributed by atoms with Gasteiger partial charge in [0, 0.05) is 30.9 Å². The van der Waals surface area contributed by atoms with E-state index < -0.39 is 6.04 Å². The van der Waals surface area contributed by atoms with Crippen molar-refractivity contribution >= 4 is 40.4 Å². The number of halogens is 1. The van der Waals surface area contributed by atoms with Crippen LogP contribution in [0, 0.1) is 5.41 Å². The summed E-state index contributed by atoms with van der Waals surface area (Å²) in [6.07, 6.45) is 1.70. The van der Waals surface area contributed by atoms with Gasteiger partial charge >= 0.3 is 0 Å².